The summed E-state index contributed by atoms with van der Waals surface area (Å²) in [4.78, 5) is 23.9. The number of aliphatic imine (C=N–C) groups is 2. The molecule has 1 amide bonds. The first-order chi connectivity index (χ1) is 6.91. The molecule has 0 aromatic heterocycles. The molecule has 2 heterocycles. The Bertz CT molecular complexity index is 342. The maximum atomic E-state index is 11.8. The van der Waals surface area contributed by atoms with Crippen LogP contribution in [0, 0.1) is 0 Å². The third-order valence-electron chi connectivity index (χ3n) is 2.69. The number of amides is 1. The molecular formula is C10H16N4O. The smallest absolute Gasteiger partial charge is 0.256 e. The molecule has 82 valence electrons. The van der Waals surface area contributed by atoms with E-state index < -0.39 is 0 Å². The summed E-state index contributed by atoms with van der Waals surface area (Å²) < 4.78 is 0. The summed E-state index contributed by atoms with van der Waals surface area (Å²) in [5, 5.41) is 0. The van der Waals surface area contributed by atoms with Crippen LogP contribution in [0.15, 0.2) is 9.98 Å². The van der Waals surface area contributed by atoms with Gasteiger partial charge >= 0.3 is 0 Å². The Morgan fingerprint density at radius 1 is 1.27 bits per heavy atom. The number of hydrogen-bond acceptors (Lipinski definition) is 4. The predicted molar refractivity (Wildman–Crippen MR) is 58.9 cm³/mol. The molecule has 0 spiro atoms. The van der Waals surface area contributed by atoms with Crippen molar-refractivity contribution in [2.24, 2.45) is 9.98 Å². The van der Waals surface area contributed by atoms with E-state index in [2.05, 4.69) is 30.8 Å². The Morgan fingerprint density at radius 2 is 1.93 bits per heavy atom. The van der Waals surface area contributed by atoms with Crippen LogP contribution >= 0.6 is 0 Å². The molecule has 0 saturated heterocycles. The van der Waals surface area contributed by atoms with Crippen LogP contribution in [0.1, 0.15) is 20.8 Å². The normalized spacial score (nSPS) is 30.0. The van der Waals surface area contributed by atoms with E-state index in [0.29, 0.717) is 0 Å². The van der Waals surface area contributed by atoms with E-state index in [1.54, 1.807) is 19.7 Å². The molecule has 2 unspecified atom stereocenters. The molecule has 5 nitrogen and oxygen atoms in total. The highest BCUT2D eigenvalue weighted by Gasteiger charge is 2.43. The number of nitrogens with zero attached hydrogens (tertiary/aromatic N) is 4. The number of fused-ring (bicyclic) bond motifs is 1. The maximum absolute atomic E-state index is 11.8. The summed E-state index contributed by atoms with van der Waals surface area (Å²) in [5.41, 5.74) is -0.0591. The van der Waals surface area contributed by atoms with Crippen LogP contribution in [0.25, 0.3) is 0 Å². The Balaban J connectivity index is 2.29. The zero-order chi connectivity index (χ0) is 11.2. The minimum absolute atomic E-state index is 0.0120. The van der Waals surface area contributed by atoms with Crippen molar-refractivity contribution in [1.29, 1.82) is 0 Å². The van der Waals surface area contributed by atoms with Crippen LogP contribution in [0.2, 0.25) is 0 Å². The Morgan fingerprint density at radius 3 is 2.53 bits per heavy atom. The van der Waals surface area contributed by atoms with E-state index in [0.717, 1.165) is 0 Å². The summed E-state index contributed by atoms with van der Waals surface area (Å²) in [6.07, 6.45) is 3.16. The van der Waals surface area contributed by atoms with Crippen LogP contribution in [-0.4, -0.2) is 53.2 Å². The molecule has 5 heteroatoms. The summed E-state index contributed by atoms with van der Waals surface area (Å²) >= 11 is 0. The molecule has 0 bridgehead atoms. The van der Waals surface area contributed by atoms with Crippen molar-refractivity contribution < 1.29 is 4.79 Å². The highest BCUT2D eigenvalue weighted by molar-refractivity contribution is 5.95. The van der Waals surface area contributed by atoms with Crippen molar-refractivity contribution in [2.45, 2.75) is 38.5 Å². The van der Waals surface area contributed by atoms with E-state index in [1.165, 1.54) is 4.90 Å². The summed E-state index contributed by atoms with van der Waals surface area (Å²) in [6.45, 7) is 6.25. The molecule has 0 aromatic rings. The number of carbonyl (C=O) groups excluding carboxylic acids is 1. The lowest BCUT2D eigenvalue weighted by atomic mass is 10.0. The van der Waals surface area contributed by atoms with E-state index in [-0.39, 0.29) is 23.7 Å². The standard InChI is InChI=1S/C10H16N4O/c1-10(2,3)14-6-11-7-8(14)12-5-13(4)9(7)15/h5-8H,1-4H3. The van der Waals surface area contributed by atoms with Crippen LogP contribution in [-0.2, 0) is 4.79 Å². The molecule has 2 atom stereocenters. The fraction of sp³-hybridized carbons (Fsp3) is 0.700. The van der Waals surface area contributed by atoms with Gasteiger partial charge in [-0.1, -0.05) is 0 Å². The highest BCUT2D eigenvalue weighted by Crippen LogP contribution is 2.26. The van der Waals surface area contributed by atoms with E-state index in [4.69, 9.17) is 0 Å². The van der Waals surface area contributed by atoms with Crippen molar-refractivity contribution in [2.75, 3.05) is 7.05 Å². The van der Waals surface area contributed by atoms with Gasteiger partial charge in [0.2, 0.25) is 0 Å². The van der Waals surface area contributed by atoms with E-state index in [9.17, 15) is 4.79 Å². The largest absolute Gasteiger partial charge is 0.334 e. The highest BCUT2D eigenvalue weighted by atomic mass is 16.2. The van der Waals surface area contributed by atoms with Crippen molar-refractivity contribution in [1.82, 2.24) is 9.80 Å². The minimum Gasteiger partial charge on any atom is -0.334 e. The van der Waals surface area contributed by atoms with Gasteiger partial charge in [0.25, 0.3) is 5.91 Å². The molecule has 0 N–H and O–H groups in total. The summed E-state index contributed by atoms with van der Waals surface area (Å²) in [7, 11) is 1.71. The Kier molecular flexibility index (Phi) is 2.06. The quantitative estimate of drug-likeness (QED) is 0.575. The van der Waals surface area contributed by atoms with Gasteiger partial charge in [0.1, 0.15) is 0 Å². The van der Waals surface area contributed by atoms with Crippen LogP contribution in [0.3, 0.4) is 0 Å². The fourth-order valence-corrected chi connectivity index (χ4v) is 1.79. The van der Waals surface area contributed by atoms with Crippen LogP contribution < -0.4 is 0 Å². The lowest BCUT2D eigenvalue weighted by Crippen LogP contribution is -2.53. The van der Waals surface area contributed by atoms with Gasteiger partial charge in [-0.05, 0) is 20.8 Å². The molecule has 0 saturated carbocycles. The number of likely N-dealkylation sites (N-methyl/N-ethyl adjacent to an activating group) is 1. The van der Waals surface area contributed by atoms with Gasteiger partial charge in [-0.3, -0.25) is 9.79 Å². The molecule has 15 heavy (non-hydrogen) atoms. The minimum atomic E-state index is -0.362. The molecule has 0 aliphatic carbocycles. The van der Waals surface area contributed by atoms with Gasteiger partial charge in [-0.25, -0.2) is 4.99 Å². The molecule has 0 radical (unpaired) electrons. The molecule has 0 aromatic carbocycles. The lowest BCUT2D eigenvalue weighted by molar-refractivity contribution is -0.129. The first-order valence-corrected chi connectivity index (χ1v) is 5.03. The van der Waals surface area contributed by atoms with Gasteiger partial charge in [-0.2, -0.15) is 0 Å². The average molecular weight is 208 g/mol. The zero-order valence-corrected chi connectivity index (χ0v) is 9.51. The van der Waals surface area contributed by atoms with E-state index in [1.807, 2.05) is 4.90 Å². The summed E-state index contributed by atoms with van der Waals surface area (Å²) in [5.74, 6) is 0.0120. The van der Waals surface area contributed by atoms with Gasteiger partial charge in [0.05, 0.1) is 12.7 Å². The third kappa shape index (κ3) is 1.52. The third-order valence-corrected chi connectivity index (χ3v) is 2.69. The molecule has 2 aliphatic rings. The monoisotopic (exact) mass is 208 g/mol. The topological polar surface area (TPSA) is 48.3 Å². The second-order valence-electron chi connectivity index (χ2n) is 4.91. The number of hydrogen-bond donors (Lipinski definition) is 0. The van der Waals surface area contributed by atoms with Crippen LogP contribution in [0.5, 0.6) is 0 Å². The molecule has 2 aliphatic heterocycles. The van der Waals surface area contributed by atoms with E-state index >= 15 is 0 Å². The lowest BCUT2D eigenvalue weighted by Gasteiger charge is -2.37. The first kappa shape index (κ1) is 10.1. The SMILES string of the molecule is CN1C=NC2C(N=CN2C(C)(C)C)C1=O. The van der Waals surface area contributed by atoms with Gasteiger partial charge in [-0.15, -0.1) is 0 Å². The predicted octanol–water partition coefficient (Wildman–Crippen LogP) is 0.324. The first-order valence-electron chi connectivity index (χ1n) is 5.03. The fourth-order valence-electron chi connectivity index (χ4n) is 1.79. The average Bonchev–Trinajstić information content (AvgIpc) is 2.54. The van der Waals surface area contributed by atoms with Gasteiger partial charge in [0.15, 0.2) is 12.2 Å². The second kappa shape index (κ2) is 3.05. The maximum Gasteiger partial charge on any atom is 0.256 e. The molecular weight excluding hydrogens is 192 g/mol. The Labute approximate surface area is 89.5 Å². The van der Waals surface area contributed by atoms with Crippen LogP contribution in [0.4, 0.5) is 0 Å². The van der Waals surface area contributed by atoms with Crippen molar-refractivity contribution >= 4 is 18.6 Å². The second-order valence-corrected chi connectivity index (χ2v) is 4.91. The Hall–Kier alpha value is -1.39. The zero-order valence-electron chi connectivity index (χ0n) is 9.51. The molecule has 2 rings (SSSR count). The van der Waals surface area contributed by atoms with Gasteiger partial charge < -0.3 is 9.80 Å². The van der Waals surface area contributed by atoms with Crippen molar-refractivity contribution in [3.8, 4) is 0 Å². The number of carbonyl (C=O) groups is 1. The molecule has 0 fully saturated rings. The van der Waals surface area contributed by atoms with Crippen molar-refractivity contribution in [3.63, 3.8) is 0 Å². The number of rotatable bonds is 0. The summed E-state index contributed by atoms with van der Waals surface area (Å²) in [6, 6.07) is -0.362. The van der Waals surface area contributed by atoms with Crippen molar-refractivity contribution in [3.05, 3.63) is 0 Å². The van der Waals surface area contributed by atoms with Gasteiger partial charge in [0, 0.05) is 12.6 Å².